The number of carboxylic acids is 1. The fourth-order valence-corrected chi connectivity index (χ4v) is 2.95. The van der Waals surface area contributed by atoms with Crippen molar-refractivity contribution in [2.45, 2.75) is 25.5 Å². The van der Waals surface area contributed by atoms with Gasteiger partial charge in [0.25, 0.3) is 5.91 Å². The van der Waals surface area contributed by atoms with Crippen LogP contribution in [0, 0.1) is 5.92 Å². The highest BCUT2D eigenvalue weighted by molar-refractivity contribution is 6.37. The van der Waals surface area contributed by atoms with Crippen LogP contribution in [0.1, 0.15) is 29.1 Å². The van der Waals surface area contributed by atoms with E-state index in [-0.39, 0.29) is 18.3 Å². The van der Waals surface area contributed by atoms with Crippen LogP contribution < -0.4 is 10.1 Å². The molecule has 1 saturated carbocycles. The third kappa shape index (κ3) is 4.05. The molecule has 0 unspecified atom stereocenters. The molecule has 0 saturated heterocycles. The highest BCUT2D eigenvalue weighted by atomic mass is 35.5. The molecular formula is C16H14Cl2N2O5. The van der Waals surface area contributed by atoms with E-state index in [0.29, 0.717) is 34.4 Å². The van der Waals surface area contributed by atoms with Crippen LogP contribution in [0.25, 0.3) is 0 Å². The van der Waals surface area contributed by atoms with Crippen molar-refractivity contribution < 1.29 is 24.0 Å². The molecule has 2 aromatic rings. The standard InChI is InChI=1S/C16H14Cl2N2O5/c17-11-2-1-3-12(18)14(11)24-7-10-6-13(20-25-10)15(21)19-9-4-8(5-9)16(22)23/h1-3,6,8-9H,4-5,7H2,(H,19,21)(H,22,23). The quantitative estimate of drug-likeness (QED) is 0.792. The molecule has 0 aliphatic heterocycles. The summed E-state index contributed by atoms with van der Waals surface area (Å²) in [5, 5.41) is 16.0. The zero-order valence-corrected chi connectivity index (χ0v) is 14.4. The first-order valence-corrected chi connectivity index (χ1v) is 8.25. The fraction of sp³-hybridized carbons (Fsp3) is 0.312. The highest BCUT2D eigenvalue weighted by Crippen LogP contribution is 2.33. The van der Waals surface area contributed by atoms with Crippen LogP contribution in [0.15, 0.2) is 28.8 Å². The molecule has 132 valence electrons. The zero-order chi connectivity index (χ0) is 18.0. The lowest BCUT2D eigenvalue weighted by molar-refractivity contribution is -0.145. The molecule has 2 N–H and O–H groups in total. The first-order valence-electron chi connectivity index (χ1n) is 7.50. The van der Waals surface area contributed by atoms with Gasteiger partial charge in [-0.2, -0.15) is 0 Å². The second kappa shape index (κ2) is 7.33. The van der Waals surface area contributed by atoms with Gasteiger partial charge in [0.2, 0.25) is 0 Å². The molecule has 0 atom stereocenters. The molecular weight excluding hydrogens is 371 g/mol. The Hall–Kier alpha value is -2.25. The lowest BCUT2D eigenvalue weighted by atomic mass is 9.80. The van der Waals surface area contributed by atoms with E-state index >= 15 is 0 Å². The van der Waals surface area contributed by atoms with Gasteiger partial charge in [-0.3, -0.25) is 9.59 Å². The molecule has 9 heteroatoms. The van der Waals surface area contributed by atoms with E-state index in [1.165, 1.54) is 6.07 Å². The van der Waals surface area contributed by atoms with E-state index in [9.17, 15) is 9.59 Å². The first-order chi connectivity index (χ1) is 11.9. The van der Waals surface area contributed by atoms with Crippen molar-refractivity contribution in [1.29, 1.82) is 0 Å². The average molecular weight is 385 g/mol. The van der Waals surface area contributed by atoms with Crippen molar-refractivity contribution in [2.75, 3.05) is 0 Å². The molecule has 25 heavy (non-hydrogen) atoms. The van der Waals surface area contributed by atoms with Crippen molar-refractivity contribution in [1.82, 2.24) is 10.5 Å². The minimum Gasteiger partial charge on any atom is -0.482 e. The summed E-state index contributed by atoms with van der Waals surface area (Å²) < 4.78 is 10.6. The van der Waals surface area contributed by atoms with Crippen molar-refractivity contribution in [3.05, 3.63) is 45.8 Å². The number of amides is 1. The van der Waals surface area contributed by atoms with E-state index < -0.39 is 17.8 Å². The Morgan fingerprint density at radius 2 is 2.00 bits per heavy atom. The number of halogens is 2. The van der Waals surface area contributed by atoms with Crippen molar-refractivity contribution in [3.63, 3.8) is 0 Å². The summed E-state index contributed by atoms with van der Waals surface area (Å²) in [6.07, 6.45) is 0.833. The number of ether oxygens (including phenoxy) is 1. The summed E-state index contributed by atoms with van der Waals surface area (Å²) in [6, 6.07) is 6.28. The summed E-state index contributed by atoms with van der Waals surface area (Å²) in [5.74, 6) is -1.00. The second-order valence-electron chi connectivity index (χ2n) is 5.69. The Morgan fingerprint density at radius 1 is 1.32 bits per heavy atom. The number of carbonyl (C=O) groups excluding carboxylic acids is 1. The zero-order valence-electron chi connectivity index (χ0n) is 12.9. The van der Waals surface area contributed by atoms with Crippen molar-refractivity contribution in [2.24, 2.45) is 5.92 Å². The molecule has 7 nitrogen and oxygen atoms in total. The topological polar surface area (TPSA) is 102 Å². The van der Waals surface area contributed by atoms with Crippen LogP contribution in [0.2, 0.25) is 10.0 Å². The maximum absolute atomic E-state index is 12.1. The predicted octanol–water partition coefficient (Wildman–Crippen LogP) is 3.15. The number of carbonyl (C=O) groups is 2. The number of carboxylic acid groups (broad SMARTS) is 1. The largest absolute Gasteiger partial charge is 0.482 e. The van der Waals surface area contributed by atoms with Crippen LogP contribution in [0.3, 0.4) is 0 Å². The molecule has 0 spiro atoms. The smallest absolute Gasteiger partial charge is 0.306 e. The van der Waals surface area contributed by atoms with Crippen molar-refractivity contribution >= 4 is 35.1 Å². The molecule has 1 amide bonds. The maximum Gasteiger partial charge on any atom is 0.306 e. The van der Waals surface area contributed by atoms with Gasteiger partial charge < -0.3 is 19.7 Å². The SMILES string of the molecule is O=C(NC1CC(C(=O)O)C1)c1cc(COc2c(Cl)cccc2Cl)on1. The van der Waals surface area contributed by atoms with Gasteiger partial charge in [-0.05, 0) is 25.0 Å². The molecule has 0 bridgehead atoms. The lowest BCUT2D eigenvalue weighted by Gasteiger charge is -2.32. The summed E-state index contributed by atoms with van der Waals surface area (Å²) in [6.45, 7) is 0.00818. The number of benzene rings is 1. The van der Waals surface area contributed by atoms with E-state index in [4.69, 9.17) is 37.6 Å². The van der Waals surface area contributed by atoms with E-state index in [0.717, 1.165) is 0 Å². The molecule has 1 fully saturated rings. The first kappa shape index (κ1) is 17.6. The number of nitrogens with one attached hydrogen (secondary N) is 1. The molecule has 3 rings (SSSR count). The minimum absolute atomic E-state index is 0.00818. The normalized spacial score (nSPS) is 19.1. The average Bonchev–Trinajstić information content (AvgIpc) is 2.98. The third-order valence-electron chi connectivity index (χ3n) is 3.89. The van der Waals surface area contributed by atoms with E-state index in [1.54, 1.807) is 18.2 Å². The van der Waals surface area contributed by atoms with Gasteiger partial charge in [0, 0.05) is 12.1 Å². The van der Waals surface area contributed by atoms with Gasteiger partial charge in [-0.15, -0.1) is 0 Å². The molecule has 1 aliphatic rings. The van der Waals surface area contributed by atoms with Gasteiger partial charge in [0.1, 0.15) is 6.61 Å². The Labute approximate surface area is 152 Å². The lowest BCUT2D eigenvalue weighted by Crippen LogP contribution is -2.46. The molecule has 1 aromatic carbocycles. The molecule has 1 heterocycles. The highest BCUT2D eigenvalue weighted by Gasteiger charge is 2.35. The van der Waals surface area contributed by atoms with Gasteiger partial charge in [-0.1, -0.05) is 34.4 Å². The Morgan fingerprint density at radius 3 is 2.64 bits per heavy atom. The number of hydrogen-bond donors (Lipinski definition) is 2. The summed E-state index contributed by atoms with van der Waals surface area (Å²) in [7, 11) is 0. The third-order valence-corrected chi connectivity index (χ3v) is 4.49. The van der Waals surface area contributed by atoms with Gasteiger partial charge >= 0.3 is 5.97 Å². The van der Waals surface area contributed by atoms with Crippen molar-refractivity contribution in [3.8, 4) is 5.75 Å². The number of rotatable bonds is 6. The number of aliphatic carboxylic acids is 1. The van der Waals surface area contributed by atoms with Crippen LogP contribution in [-0.2, 0) is 11.4 Å². The van der Waals surface area contributed by atoms with Crippen LogP contribution in [-0.4, -0.2) is 28.2 Å². The molecule has 1 aliphatic carbocycles. The Balaban J connectivity index is 1.54. The maximum atomic E-state index is 12.1. The van der Waals surface area contributed by atoms with Crippen LogP contribution in [0.5, 0.6) is 5.75 Å². The monoisotopic (exact) mass is 384 g/mol. The number of nitrogens with zero attached hydrogens (tertiary/aromatic N) is 1. The Bertz CT molecular complexity index is 781. The number of hydrogen-bond acceptors (Lipinski definition) is 5. The summed E-state index contributed by atoms with van der Waals surface area (Å²) in [4.78, 5) is 22.8. The fourth-order valence-electron chi connectivity index (χ4n) is 2.45. The Kier molecular flexibility index (Phi) is 5.15. The van der Waals surface area contributed by atoms with Gasteiger partial charge in [0.15, 0.2) is 17.2 Å². The molecule has 1 aromatic heterocycles. The van der Waals surface area contributed by atoms with E-state index in [2.05, 4.69) is 10.5 Å². The van der Waals surface area contributed by atoms with E-state index in [1.807, 2.05) is 0 Å². The summed E-state index contributed by atoms with van der Waals surface area (Å²) >= 11 is 12.0. The van der Waals surface area contributed by atoms with Crippen LogP contribution in [0.4, 0.5) is 0 Å². The van der Waals surface area contributed by atoms with Gasteiger partial charge in [0.05, 0.1) is 16.0 Å². The minimum atomic E-state index is -0.843. The molecule has 0 radical (unpaired) electrons. The number of aromatic nitrogens is 1. The van der Waals surface area contributed by atoms with Crippen LogP contribution >= 0.6 is 23.2 Å². The van der Waals surface area contributed by atoms with Gasteiger partial charge in [-0.25, -0.2) is 0 Å². The second-order valence-corrected chi connectivity index (χ2v) is 6.51. The predicted molar refractivity (Wildman–Crippen MR) is 88.9 cm³/mol. The number of para-hydroxylation sites is 1. The summed E-state index contributed by atoms with van der Waals surface area (Å²) in [5.41, 5.74) is 0.0997.